The van der Waals surface area contributed by atoms with E-state index in [0.29, 0.717) is 0 Å². The van der Waals surface area contributed by atoms with Crippen molar-refractivity contribution in [2.24, 2.45) is 5.73 Å². The van der Waals surface area contributed by atoms with Crippen molar-refractivity contribution in [3.8, 4) is 0 Å². The van der Waals surface area contributed by atoms with Crippen LogP contribution in [0.1, 0.15) is 43.9 Å². The van der Waals surface area contributed by atoms with Crippen LogP contribution in [0, 0.1) is 0 Å². The summed E-state index contributed by atoms with van der Waals surface area (Å²) in [6.07, 6.45) is 3.32. The normalized spacial score (nSPS) is 12.8. The van der Waals surface area contributed by atoms with Gasteiger partial charge in [0, 0.05) is 6.04 Å². The Labute approximate surface area is 81.0 Å². The van der Waals surface area contributed by atoms with Crippen molar-refractivity contribution in [2.45, 2.75) is 39.2 Å². The lowest BCUT2D eigenvalue weighted by Gasteiger charge is -2.10. The van der Waals surface area contributed by atoms with E-state index >= 15 is 0 Å². The quantitative estimate of drug-likeness (QED) is 0.751. The predicted octanol–water partition coefficient (Wildman–Crippen LogP) is 3.05. The minimum atomic E-state index is 0.218. The zero-order chi connectivity index (χ0) is 9.68. The molecule has 0 saturated heterocycles. The van der Waals surface area contributed by atoms with Crippen LogP contribution < -0.4 is 5.73 Å². The van der Waals surface area contributed by atoms with E-state index in [4.69, 9.17) is 5.73 Å². The van der Waals surface area contributed by atoms with Crippen LogP contribution in [0.4, 0.5) is 0 Å². The fourth-order valence-corrected chi connectivity index (χ4v) is 1.48. The van der Waals surface area contributed by atoms with Crippen molar-refractivity contribution in [3.63, 3.8) is 0 Å². The summed E-state index contributed by atoms with van der Waals surface area (Å²) in [6, 6.07) is 8.87. The van der Waals surface area contributed by atoms with Gasteiger partial charge < -0.3 is 5.73 Å². The molecule has 2 N–H and O–H groups in total. The molecule has 1 rings (SSSR count). The summed E-state index contributed by atoms with van der Waals surface area (Å²) in [5.74, 6) is 0. The zero-order valence-electron chi connectivity index (χ0n) is 8.59. The number of rotatable bonds is 4. The van der Waals surface area contributed by atoms with Gasteiger partial charge in [-0.2, -0.15) is 0 Å². The Morgan fingerprint density at radius 3 is 2.23 bits per heavy atom. The molecule has 0 amide bonds. The maximum absolute atomic E-state index is 6.00. The Morgan fingerprint density at radius 2 is 1.77 bits per heavy atom. The summed E-state index contributed by atoms with van der Waals surface area (Å²) in [4.78, 5) is 0. The highest BCUT2D eigenvalue weighted by Crippen LogP contribution is 2.16. The zero-order valence-corrected chi connectivity index (χ0v) is 8.59. The second-order valence-electron chi connectivity index (χ2n) is 3.49. The molecule has 0 heterocycles. The Hall–Kier alpha value is -0.820. The fraction of sp³-hybridized carbons (Fsp3) is 0.500. The Bertz CT molecular complexity index is 238. The molecular formula is C12H19N. The first-order chi connectivity index (χ1) is 6.27. The van der Waals surface area contributed by atoms with Gasteiger partial charge in [0.1, 0.15) is 0 Å². The molecule has 72 valence electrons. The Morgan fingerprint density at radius 1 is 1.15 bits per heavy atom. The van der Waals surface area contributed by atoms with E-state index in [9.17, 15) is 0 Å². The minimum Gasteiger partial charge on any atom is -0.324 e. The third-order valence-corrected chi connectivity index (χ3v) is 2.42. The molecular weight excluding hydrogens is 158 g/mol. The molecule has 1 nitrogen and oxygen atoms in total. The van der Waals surface area contributed by atoms with Crippen LogP contribution in [0.3, 0.4) is 0 Å². The Balaban J connectivity index is 2.67. The second kappa shape index (κ2) is 5.03. The largest absolute Gasteiger partial charge is 0.324 e. The third kappa shape index (κ3) is 2.85. The maximum Gasteiger partial charge on any atom is 0.0294 e. The Kier molecular flexibility index (Phi) is 3.97. The number of benzene rings is 1. The highest BCUT2D eigenvalue weighted by Gasteiger charge is 2.03. The van der Waals surface area contributed by atoms with Gasteiger partial charge >= 0.3 is 0 Å². The number of hydrogen-bond acceptors (Lipinski definition) is 1. The lowest BCUT2D eigenvalue weighted by molar-refractivity contribution is 0.638. The van der Waals surface area contributed by atoms with E-state index < -0.39 is 0 Å². The van der Waals surface area contributed by atoms with Crippen LogP contribution in [0.15, 0.2) is 24.3 Å². The molecule has 0 aliphatic heterocycles. The van der Waals surface area contributed by atoms with Gasteiger partial charge in [0.2, 0.25) is 0 Å². The molecule has 1 aromatic rings. The summed E-state index contributed by atoms with van der Waals surface area (Å²) in [5, 5.41) is 0. The lowest BCUT2D eigenvalue weighted by Crippen LogP contribution is -2.09. The van der Waals surface area contributed by atoms with Crippen molar-refractivity contribution >= 4 is 0 Å². The molecule has 0 aliphatic carbocycles. The van der Waals surface area contributed by atoms with Crippen molar-refractivity contribution < 1.29 is 0 Å². The van der Waals surface area contributed by atoms with Crippen molar-refractivity contribution in [1.29, 1.82) is 0 Å². The summed E-state index contributed by atoms with van der Waals surface area (Å²) in [6.45, 7) is 4.33. The van der Waals surface area contributed by atoms with Gasteiger partial charge in [-0.05, 0) is 24.0 Å². The number of hydrogen-bond donors (Lipinski definition) is 1. The van der Waals surface area contributed by atoms with Crippen LogP contribution in [-0.2, 0) is 6.42 Å². The predicted molar refractivity (Wildman–Crippen MR) is 57.7 cm³/mol. The van der Waals surface area contributed by atoms with Gasteiger partial charge in [-0.1, -0.05) is 44.5 Å². The van der Waals surface area contributed by atoms with Crippen LogP contribution in [0.25, 0.3) is 0 Å². The highest BCUT2D eigenvalue weighted by atomic mass is 14.6. The average molecular weight is 177 g/mol. The molecule has 0 bridgehead atoms. The standard InChI is InChI=1S/C12H19N/c1-3-5-12(13)11-8-6-10(4-2)7-9-11/h6-9,12H,3-5,13H2,1-2H3. The molecule has 1 heteroatoms. The summed E-state index contributed by atoms with van der Waals surface area (Å²) < 4.78 is 0. The molecule has 0 aromatic heterocycles. The molecule has 0 saturated carbocycles. The highest BCUT2D eigenvalue weighted by molar-refractivity contribution is 5.24. The lowest BCUT2D eigenvalue weighted by atomic mass is 10.0. The van der Waals surface area contributed by atoms with Crippen molar-refractivity contribution in [3.05, 3.63) is 35.4 Å². The first kappa shape index (κ1) is 10.3. The van der Waals surface area contributed by atoms with Crippen molar-refractivity contribution in [2.75, 3.05) is 0 Å². The first-order valence-corrected chi connectivity index (χ1v) is 5.12. The molecule has 13 heavy (non-hydrogen) atoms. The van der Waals surface area contributed by atoms with Crippen LogP contribution in [0.2, 0.25) is 0 Å². The van der Waals surface area contributed by atoms with Gasteiger partial charge in [-0.15, -0.1) is 0 Å². The molecule has 0 spiro atoms. The first-order valence-electron chi connectivity index (χ1n) is 5.12. The summed E-state index contributed by atoms with van der Waals surface area (Å²) in [5.41, 5.74) is 8.64. The summed E-state index contributed by atoms with van der Waals surface area (Å²) in [7, 11) is 0. The molecule has 0 fully saturated rings. The maximum atomic E-state index is 6.00. The SMILES string of the molecule is CCCC(N)c1ccc(CC)cc1. The van der Waals surface area contributed by atoms with Gasteiger partial charge in [0.15, 0.2) is 0 Å². The fourth-order valence-electron chi connectivity index (χ4n) is 1.48. The molecule has 1 atom stereocenters. The number of nitrogens with two attached hydrogens (primary N) is 1. The molecule has 0 radical (unpaired) electrons. The van der Waals surface area contributed by atoms with Gasteiger partial charge in [0.05, 0.1) is 0 Å². The molecule has 1 unspecified atom stereocenters. The van der Waals surface area contributed by atoms with E-state index in [0.717, 1.165) is 19.3 Å². The van der Waals surface area contributed by atoms with Crippen LogP contribution in [-0.4, -0.2) is 0 Å². The van der Waals surface area contributed by atoms with Crippen molar-refractivity contribution in [1.82, 2.24) is 0 Å². The average Bonchev–Trinajstić information content (AvgIpc) is 2.18. The smallest absolute Gasteiger partial charge is 0.0294 e. The second-order valence-corrected chi connectivity index (χ2v) is 3.49. The number of aryl methyl sites for hydroxylation is 1. The summed E-state index contributed by atoms with van der Waals surface area (Å²) >= 11 is 0. The van der Waals surface area contributed by atoms with E-state index in [-0.39, 0.29) is 6.04 Å². The van der Waals surface area contributed by atoms with E-state index in [1.54, 1.807) is 0 Å². The van der Waals surface area contributed by atoms with Gasteiger partial charge in [-0.3, -0.25) is 0 Å². The molecule has 0 aliphatic rings. The minimum absolute atomic E-state index is 0.218. The third-order valence-electron chi connectivity index (χ3n) is 2.42. The van der Waals surface area contributed by atoms with Crippen LogP contribution in [0.5, 0.6) is 0 Å². The monoisotopic (exact) mass is 177 g/mol. The molecule has 1 aromatic carbocycles. The van der Waals surface area contributed by atoms with E-state index in [2.05, 4.69) is 38.1 Å². The van der Waals surface area contributed by atoms with Gasteiger partial charge in [0.25, 0.3) is 0 Å². The topological polar surface area (TPSA) is 26.0 Å². The van der Waals surface area contributed by atoms with E-state index in [1.165, 1.54) is 11.1 Å². The van der Waals surface area contributed by atoms with Crippen LogP contribution >= 0.6 is 0 Å². The van der Waals surface area contributed by atoms with E-state index in [1.807, 2.05) is 0 Å². The van der Waals surface area contributed by atoms with Gasteiger partial charge in [-0.25, -0.2) is 0 Å².